The minimum absolute atomic E-state index is 0.0641. The zero-order valence-electron chi connectivity index (χ0n) is 16.1. The number of esters is 2. The Kier molecular flexibility index (Phi) is 14.9. The minimum Gasteiger partial charge on any atom is -0.469 e. The summed E-state index contributed by atoms with van der Waals surface area (Å²) in [5.41, 5.74) is 0. The fourth-order valence-corrected chi connectivity index (χ4v) is 2.62. The van der Waals surface area contributed by atoms with E-state index in [-0.39, 0.29) is 18.7 Å². The van der Waals surface area contributed by atoms with Crippen LogP contribution in [0.5, 0.6) is 0 Å². The first-order valence-electron chi connectivity index (χ1n) is 9.49. The molecule has 0 rings (SSSR count). The number of carbonyl (C=O) groups is 3. The maximum atomic E-state index is 12.0. The van der Waals surface area contributed by atoms with Crippen LogP contribution >= 0.6 is 0 Å². The molecule has 6 heteroatoms. The van der Waals surface area contributed by atoms with Crippen molar-refractivity contribution >= 4 is 17.8 Å². The standard InChI is InChI=1S/C19H35NO5/c1-4-5-6-7-8-9-10-11-12-13-17(21)20-16(19(23)25-3)14-15-18(22)24-2/h16H,4-15H2,1-3H3,(H,20,21)/t16-/m0/s1. The first-order valence-corrected chi connectivity index (χ1v) is 9.49. The van der Waals surface area contributed by atoms with Gasteiger partial charge < -0.3 is 14.8 Å². The Balaban J connectivity index is 3.87. The lowest BCUT2D eigenvalue weighted by Crippen LogP contribution is -2.41. The van der Waals surface area contributed by atoms with Gasteiger partial charge in [0.05, 0.1) is 14.2 Å². The second kappa shape index (κ2) is 15.9. The van der Waals surface area contributed by atoms with Crippen LogP contribution in [-0.4, -0.2) is 38.1 Å². The highest BCUT2D eigenvalue weighted by atomic mass is 16.5. The highest BCUT2D eigenvalue weighted by Gasteiger charge is 2.22. The van der Waals surface area contributed by atoms with Crippen molar-refractivity contribution in [1.82, 2.24) is 5.32 Å². The molecule has 1 atom stereocenters. The van der Waals surface area contributed by atoms with E-state index in [1.54, 1.807) is 0 Å². The number of rotatable bonds is 15. The summed E-state index contributed by atoms with van der Waals surface area (Å²) >= 11 is 0. The molecule has 146 valence electrons. The molecule has 25 heavy (non-hydrogen) atoms. The Morgan fingerprint density at radius 3 is 1.88 bits per heavy atom. The number of methoxy groups -OCH3 is 2. The Morgan fingerprint density at radius 2 is 1.36 bits per heavy atom. The van der Waals surface area contributed by atoms with E-state index in [2.05, 4.69) is 21.7 Å². The van der Waals surface area contributed by atoms with Crippen LogP contribution in [0.15, 0.2) is 0 Å². The van der Waals surface area contributed by atoms with Gasteiger partial charge in [-0.2, -0.15) is 0 Å². The van der Waals surface area contributed by atoms with Gasteiger partial charge in [-0.15, -0.1) is 0 Å². The predicted molar refractivity (Wildman–Crippen MR) is 97.0 cm³/mol. The van der Waals surface area contributed by atoms with Gasteiger partial charge >= 0.3 is 11.9 Å². The molecule has 0 aromatic rings. The highest BCUT2D eigenvalue weighted by molar-refractivity contribution is 5.84. The van der Waals surface area contributed by atoms with Crippen LogP contribution in [0.4, 0.5) is 0 Å². The van der Waals surface area contributed by atoms with Crippen molar-refractivity contribution in [3.8, 4) is 0 Å². The van der Waals surface area contributed by atoms with Gasteiger partial charge in [0.2, 0.25) is 5.91 Å². The van der Waals surface area contributed by atoms with Gasteiger partial charge in [0.1, 0.15) is 6.04 Å². The lowest BCUT2D eigenvalue weighted by molar-refractivity contribution is -0.146. The van der Waals surface area contributed by atoms with Crippen molar-refractivity contribution in [2.24, 2.45) is 0 Å². The summed E-state index contributed by atoms with van der Waals surface area (Å²) in [5, 5.41) is 2.65. The second-order valence-electron chi connectivity index (χ2n) is 6.34. The van der Waals surface area contributed by atoms with Crippen LogP contribution in [0, 0.1) is 0 Å². The number of carbonyl (C=O) groups excluding carboxylic acids is 3. The molecule has 6 nitrogen and oxygen atoms in total. The van der Waals surface area contributed by atoms with Crippen molar-refractivity contribution in [3.63, 3.8) is 0 Å². The van der Waals surface area contributed by atoms with Gasteiger partial charge in [-0.1, -0.05) is 58.3 Å². The molecule has 0 bridgehead atoms. The molecule has 0 saturated carbocycles. The van der Waals surface area contributed by atoms with Crippen molar-refractivity contribution < 1.29 is 23.9 Å². The molecular weight excluding hydrogens is 322 g/mol. The molecule has 0 spiro atoms. The zero-order chi connectivity index (χ0) is 18.9. The van der Waals surface area contributed by atoms with Crippen molar-refractivity contribution in [3.05, 3.63) is 0 Å². The molecule has 0 saturated heterocycles. The fourth-order valence-electron chi connectivity index (χ4n) is 2.62. The van der Waals surface area contributed by atoms with Crippen molar-refractivity contribution in [2.75, 3.05) is 14.2 Å². The molecule has 1 amide bonds. The average Bonchev–Trinajstić information content (AvgIpc) is 2.62. The van der Waals surface area contributed by atoms with E-state index >= 15 is 0 Å². The molecule has 0 aliphatic rings. The van der Waals surface area contributed by atoms with E-state index in [1.807, 2.05) is 0 Å². The quantitative estimate of drug-likeness (QED) is 0.358. The molecule has 0 radical (unpaired) electrons. The average molecular weight is 357 g/mol. The van der Waals surface area contributed by atoms with E-state index in [9.17, 15) is 14.4 Å². The van der Waals surface area contributed by atoms with Gasteiger partial charge in [-0.05, 0) is 12.8 Å². The third-order valence-electron chi connectivity index (χ3n) is 4.19. The lowest BCUT2D eigenvalue weighted by atomic mass is 10.1. The number of amides is 1. The molecule has 0 aromatic heterocycles. The van der Waals surface area contributed by atoms with Crippen LogP contribution in [0.1, 0.15) is 84.0 Å². The molecule has 0 aliphatic carbocycles. The van der Waals surface area contributed by atoms with E-state index in [1.165, 1.54) is 52.7 Å². The molecule has 1 N–H and O–H groups in total. The van der Waals surface area contributed by atoms with Crippen LogP contribution in [0.25, 0.3) is 0 Å². The lowest BCUT2D eigenvalue weighted by Gasteiger charge is -2.16. The number of nitrogens with one attached hydrogen (secondary N) is 1. The molecule has 0 fully saturated rings. The van der Waals surface area contributed by atoms with Crippen molar-refractivity contribution in [1.29, 1.82) is 0 Å². The highest BCUT2D eigenvalue weighted by Crippen LogP contribution is 2.10. The van der Waals surface area contributed by atoms with Gasteiger partial charge in [0.25, 0.3) is 0 Å². The van der Waals surface area contributed by atoms with Gasteiger partial charge in [0.15, 0.2) is 0 Å². The largest absolute Gasteiger partial charge is 0.469 e. The first-order chi connectivity index (χ1) is 12.0. The monoisotopic (exact) mass is 357 g/mol. The van der Waals surface area contributed by atoms with Crippen molar-refractivity contribution in [2.45, 2.75) is 90.0 Å². The van der Waals surface area contributed by atoms with Crippen LogP contribution < -0.4 is 5.32 Å². The summed E-state index contributed by atoms with van der Waals surface area (Å²) < 4.78 is 9.22. The van der Waals surface area contributed by atoms with E-state index in [0.29, 0.717) is 6.42 Å². The summed E-state index contributed by atoms with van der Waals surface area (Å²) in [6, 6.07) is -0.796. The van der Waals surface area contributed by atoms with E-state index in [4.69, 9.17) is 0 Å². The summed E-state index contributed by atoms with van der Waals surface area (Å²) in [6.07, 6.45) is 11.3. The summed E-state index contributed by atoms with van der Waals surface area (Å²) in [6.45, 7) is 2.21. The first kappa shape index (κ1) is 23.4. The maximum absolute atomic E-state index is 12.0. The molecule has 0 heterocycles. The topological polar surface area (TPSA) is 81.7 Å². The number of hydrogen-bond donors (Lipinski definition) is 1. The Hall–Kier alpha value is -1.59. The molecule has 0 aliphatic heterocycles. The third kappa shape index (κ3) is 13.4. The third-order valence-corrected chi connectivity index (χ3v) is 4.19. The van der Waals surface area contributed by atoms with E-state index < -0.39 is 18.0 Å². The number of hydrogen-bond acceptors (Lipinski definition) is 5. The summed E-state index contributed by atoms with van der Waals surface area (Å²) in [7, 11) is 2.55. The number of unbranched alkanes of at least 4 members (excludes halogenated alkanes) is 8. The Labute approximate surface area is 152 Å². The van der Waals surface area contributed by atoms with E-state index in [0.717, 1.165) is 19.3 Å². The Bertz CT molecular complexity index is 384. The molecular formula is C19H35NO5. The molecule has 0 aromatic carbocycles. The second-order valence-corrected chi connectivity index (χ2v) is 6.34. The molecule has 0 unspecified atom stereocenters. The normalized spacial score (nSPS) is 11.6. The SMILES string of the molecule is CCCCCCCCCCCC(=O)N[C@@H](CCC(=O)OC)C(=O)OC. The fraction of sp³-hybridized carbons (Fsp3) is 0.842. The Morgan fingerprint density at radius 1 is 0.800 bits per heavy atom. The summed E-state index contributed by atoms with van der Waals surface area (Å²) in [5.74, 6) is -1.13. The summed E-state index contributed by atoms with van der Waals surface area (Å²) in [4.78, 5) is 34.8. The van der Waals surface area contributed by atoms with Gasteiger partial charge in [-0.3, -0.25) is 9.59 Å². The zero-order valence-corrected chi connectivity index (χ0v) is 16.1. The van der Waals surface area contributed by atoms with Gasteiger partial charge in [-0.25, -0.2) is 4.79 Å². The van der Waals surface area contributed by atoms with Crippen LogP contribution in [0.2, 0.25) is 0 Å². The van der Waals surface area contributed by atoms with Crippen LogP contribution in [-0.2, 0) is 23.9 Å². The van der Waals surface area contributed by atoms with Crippen LogP contribution in [0.3, 0.4) is 0 Å². The smallest absolute Gasteiger partial charge is 0.328 e. The maximum Gasteiger partial charge on any atom is 0.328 e. The predicted octanol–water partition coefficient (Wildman–Crippen LogP) is 3.52. The number of ether oxygens (including phenoxy) is 2. The minimum atomic E-state index is -0.796. The van der Waals surface area contributed by atoms with Gasteiger partial charge in [0, 0.05) is 12.8 Å².